The van der Waals surface area contributed by atoms with Gasteiger partial charge in [-0.25, -0.2) is 0 Å². The van der Waals surface area contributed by atoms with Crippen LogP contribution in [0.25, 0.3) is 87.3 Å². The summed E-state index contributed by atoms with van der Waals surface area (Å²) >= 11 is 0. The van der Waals surface area contributed by atoms with Crippen molar-refractivity contribution in [2.24, 2.45) is 0 Å². The summed E-state index contributed by atoms with van der Waals surface area (Å²) < 4.78 is 5.35. The summed E-state index contributed by atoms with van der Waals surface area (Å²) in [5.41, 5.74) is 20.4. The number of benzene rings is 10. The Kier molecular flexibility index (Phi) is 8.02. The molecule has 0 amide bonds. The predicted molar refractivity (Wildman–Crippen MR) is 298 cm³/mol. The molecule has 14 rings (SSSR count). The Labute approximate surface area is 397 Å². The van der Waals surface area contributed by atoms with Crippen molar-refractivity contribution in [1.29, 1.82) is 0 Å². The summed E-state index contributed by atoms with van der Waals surface area (Å²) in [6, 6.07) is 59.9. The van der Waals surface area contributed by atoms with Gasteiger partial charge >= 0.3 is 0 Å². The molecular weight excluding hydrogens is 826 g/mol. The van der Waals surface area contributed by atoms with Gasteiger partial charge in [0.15, 0.2) is 0 Å². The van der Waals surface area contributed by atoms with Crippen LogP contribution in [0.15, 0.2) is 158 Å². The van der Waals surface area contributed by atoms with Crippen molar-refractivity contribution >= 4 is 145 Å². The van der Waals surface area contributed by atoms with Crippen molar-refractivity contribution in [3.05, 3.63) is 158 Å². The molecule has 4 heterocycles. The van der Waals surface area contributed by atoms with Gasteiger partial charge in [0.2, 0.25) is 13.4 Å². The fourth-order valence-corrected chi connectivity index (χ4v) is 13.1. The van der Waals surface area contributed by atoms with E-state index in [1.54, 1.807) is 0 Å². The molecule has 12 aromatic rings. The molecule has 2 aliphatic rings. The average molecular weight is 877 g/mol. The quantitative estimate of drug-likeness (QED) is 0.123. The van der Waals surface area contributed by atoms with Crippen LogP contribution in [0.5, 0.6) is 0 Å². The van der Waals surface area contributed by atoms with Gasteiger partial charge in [-0.05, 0) is 46.1 Å². The number of hydrogen-bond acceptors (Lipinski definition) is 4. The first-order valence-electron chi connectivity index (χ1n) is 23.9. The van der Waals surface area contributed by atoms with Crippen molar-refractivity contribution in [3.63, 3.8) is 0 Å². The third-order valence-electron chi connectivity index (χ3n) is 15.6. The van der Waals surface area contributed by atoms with Gasteiger partial charge in [0.1, 0.15) is 0 Å². The van der Waals surface area contributed by atoms with E-state index in [-0.39, 0.29) is 13.4 Å². The highest BCUT2D eigenvalue weighted by Gasteiger charge is 2.43. The zero-order valence-electron chi connectivity index (χ0n) is 39.8. The second kappa shape index (κ2) is 13.9. The highest BCUT2D eigenvalue weighted by molar-refractivity contribution is 7.01. The highest BCUT2D eigenvalue weighted by atomic mass is 15.1. The van der Waals surface area contributed by atoms with Crippen LogP contribution in [0.3, 0.4) is 0 Å². The molecule has 2 aromatic heterocycles. The van der Waals surface area contributed by atoms with E-state index in [1.165, 1.54) is 143 Å². The first-order chi connectivity index (χ1) is 33.2. The van der Waals surface area contributed by atoms with E-state index in [0.29, 0.717) is 0 Å². The maximum absolute atomic E-state index is 2.67. The number of hydrogen-bond donors (Lipinski definition) is 0. The first kappa shape index (κ1) is 39.3. The Hall–Kier alpha value is -7.83. The van der Waals surface area contributed by atoms with Crippen molar-refractivity contribution in [3.8, 4) is 11.4 Å². The Morgan fingerprint density at radius 1 is 0.324 bits per heavy atom. The largest absolute Gasteiger partial charge is 0.377 e. The van der Waals surface area contributed by atoms with Crippen LogP contribution in [-0.2, 0) is 0 Å². The molecule has 10 aromatic carbocycles. The molecule has 0 N–H and O–H groups in total. The van der Waals surface area contributed by atoms with E-state index in [4.69, 9.17) is 0 Å². The van der Waals surface area contributed by atoms with Crippen LogP contribution in [0.1, 0.15) is 0 Å². The average Bonchev–Trinajstić information content (AvgIpc) is 3.88. The fraction of sp³-hybridized carbons (Fsp3) is 0.133. The van der Waals surface area contributed by atoms with E-state index in [0.717, 1.165) is 0 Å². The van der Waals surface area contributed by atoms with Gasteiger partial charge in [0.25, 0.3) is 0 Å². The third kappa shape index (κ3) is 4.84. The van der Waals surface area contributed by atoms with Crippen molar-refractivity contribution in [2.45, 2.75) is 0 Å². The Balaban J connectivity index is 1.38. The van der Waals surface area contributed by atoms with Crippen LogP contribution in [0.4, 0.5) is 22.7 Å². The number of aromatic nitrogens is 2. The number of anilines is 4. The second-order valence-corrected chi connectivity index (χ2v) is 20.1. The molecule has 0 radical (unpaired) electrons. The summed E-state index contributed by atoms with van der Waals surface area (Å²) in [4.78, 5) is 9.50. The van der Waals surface area contributed by atoms with E-state index >= 15 is 0 Å². The summed E-state index contributed by atoms with van der Waals surface area (Å²) in [5.74, 6) is 0. The lowest BCUT2D eigenvalue weighted by molar-refractivity contribution is 1.11. The molecule has 8 heteroatoms. The molecule has 0 fully saturated rings. The molecular formula is C60H50B2N6. The molecule has 6 nitrogen and oxygen atoms in total. The standard InChI is InChI=1S/C60H50B2N6/c1-63(2)45-33-47(65(5)6)51-53-49(45)55-59(67-43-31-17-15-25-37(43)39-27-19-29-41(57(39)67)61(55)35-21-11-9-12-22-35)52-48(66(7)8)34-46(64(3)4)50(54(52)53)56-60(51)68-44-32-18-16-26-38(44)40-28-20-30-42(58(40)68)62(56)36-23-13-10-14-24-36/h9-34H,1-8H3. The van der Waals surface area contributed by atoms with Gasteiger partial charge in [-0.3, -0.25) is 0 Å². The van der Waals surface area contributed by atoms with Gasteiger partial charge in [-0.2, -0.15) is 0 Å². The maximum Gasteiger partial charge on any atom is 0.247 e. The third-order valence-corrected chi connectivity index (χ3v) is 15.6. The minimum absolute atomic E-state index is 0.0569. The zero-order valence-corrected chi connectivity index (χ0v) is 39.8. The summed E-state index contributed by atoms with van der Waals surface area (Å²) in [6.45, 7) is -0.114. The molecule has 0 aliphatic carbocycles. The smallest absolute Gasteiger partial charge is 0.247 e. The van der Waals surface area contributed by atoms with Crippen LogP contribution < -0.4 is 52.4 Å². The van der Waals surface area contributed by atoms with Gasteiger partial charge in [-0.15, -0.1) is 0 Å². The lowest BCUT2D eigenvalue weighted by Crippen LogP contribution is -2.57. The minimum Gasteiger partial charge on any atom is -0.377 e. The Morgan fingerprint density at radius 3 is 1.04 bits per heavy atom. The molecule has 0 atom stereocenters. The molecule has 326 valence electrons. The molecule has 68 heavy (non-hydrogen) atoms. The van der Waals surface area contributed by atoms with E-state index in [1.807, 2.05) is 0 Å². The van der Waals surface area contributed by atoms with Gasteiger partial charge in [-0.1, -0.05) is 144 Å². The summed E-state index contributed by atoms with van der Waals surface area (Å²) in [5, 5.41) is 13.0. The van der Waals surface area contributed by atoms with Crippen LogP contribution in [0.2, 0.25) is 0 Å². The molecule has 2 aliphatic heterocycles. The van der Waals surface area contributed by atoms with E-state index in [2.05, 4.69) is 243 Å². The number of fused-ring (bicyclic) bond motifs is 14. The van der Waals surface area contributed by atoms with Crippen LogP contribution in [0, 0.1) is 0 Å². The monoisotopic (exact) mass is 876 g/mol. The molecule has 0 spiro atoms. The normalized spacial score (nSPS) is 12.9. The van der Waals surface area contributed by atoms with Gasteiger partial charge < -0.3 is 28.7 Å². The number of nitrogens with zero attached hydrogens (tertiary/aromatic N) is 6. The van der Waals surface area contributed by atoms with Crippen molar-refractivity contribution in [1.82, 2.24) is 9.13 Å². The van der Waals surface area contributed by atoms with Crippen molar-refractivity contribution in [2.75, 3.05) is 76.0 Å². The molecule has 0 unspecified atom stereocenters. The van der Waals surface area contributed by atoms with Crippen LogP contribution in [-0.4, -0.2) is 78.9 Å². The number of rotatable bonds is 6. The minimum atomic E-state index is -0.0569. The number of para-hydroxylation sites is 4. The Bertz CT molecular complexity index is 3840. The Morgan fingerprint density at radius 2 is 0.662 bits per heavy atom. The molecule has 0 bridgehead atoms. The van der Waals surface area contributed by atoms with E-state index in [9.17, 15) is 0 Å². The van der Waals surface area contributed by atoms with Gasteiger partial charge in [0.05, 0.1) is 22.4 Å². The molecule has 0 saturated heterocycles. The van der Waals surface area contributed by atoms with Gasteiger partial charge in [0, 0.05) is 144 Å². The lowest BCUT2D eigenvalue weighted by Gasteiger charge is -2.38. The summed E-state index contributed by atoms with van der Waals surface area (Å²) in [6.07, 6.45) is 0. The fourth-order valence-electron chi connectivity index (χ4n) is 13.1. The second-order valence-electron chi connectivity index (χ2n) is 20.1. The zero-order chi connectivity index (χ0) is 46.0. The SMILES string of the molecule is CN(C)c1cc(N(C)C)c2c3c(c4c(N(C)C)cc(N(C)C)c5c6c(c1c2c45)B(c1ccccc1)c1cccc2c4ccccc4n-6c12)B(c1ccccc1)c1cccc2c4ccccc4n-3c12. The van der Waals surface area contributed by atoms with E-state index < -0.39 is 0 Å². The first-order valence-corrected chi connectivity index (χ1v) is 23.9. The topological polar surface area (TPSA) is 22.8 Å². The van der Waals surface area contributed by atoms with Crippen molar-refractivity contribution < 1.29 is 0 Å². The molecule has 0 saturated carbocycles. The summed E-state index contributed by atoms with van der Waals surface area (Å²) in [7, 11) is 17.9. The highest BCUT2D eigenvalue weighted by Crippen LogP contribution is 2.53. The lowest BCUT2D eigenvalue weighted by atomic mass is 9.34. The predicted octanol–water partition coefficient (Wildman–Crippen LogP) is 8.70. The maximum atomic E-state index is 2.67. The van der Waals surface area contributed by atoms with Crippen LogP contribution >= 0.6 is 0 Å².